The lowest BCUT2D eigenvalue weighted by Crippen LogP contribution is -2.48. The van der Waals surface area contributed by atoms with Gasteiger partial charge in [0.05, 0.1) is 13.2 Å². The molecule has 3 heterocycles. The molecule has 0 saturated carbocycles. The molecule has 29 heavy (non-hydrogen) atoms. The Kier molecular flexibility index (Phi) is 5.97. The van der Waals surface area contributed by atoms with Crippen LogP contribution < -0.4 is 4.74 Å². The molecule has 1 aliphatic heterocycles. The highest BCUT2D eigenvalue weighted by Crippen LogP contribution is 2.21. The quantitative estimate of drug-likeness (QED) is 0.566. The van der Waals surface area contributed by atoms with E-state index < -0.39 is 0 Å². The van der Waals surface area contributed by atoms with Gasteiger partial charge in [-0.05, 0) is 17.3 Å². The summed E-state index contributed by atoms with van der Waals surface area (Å²) in [7, 11) is 0. The van der Waals surface area contributed by atoms with Crippen LogP contribution in [0.4, 0.5) is 0 Å². The molecule has 3 aromatic rings. The van der Waals surface area contributed by atoms with Gasteiger partial charge >= 0.3 is 0 Å². The third kappa shape index (κ3) is 4.87. The number of halogens is 1. The van der Waals surface area contributed by atoms with E-state index in [1.54, 1.807) is 23.2 Å². The third-order valence-corrected chi connectivity index (χ3v) is 4.69. The number of pyridine rings is 1. The highest BCUT2D eigenvalue weighted by atomic mass is 35.5. The van der Waals surface area contributed by atoms with E-state index >= 15 is 0 Å². The van der Waals surface area contributed by atoms with E-state index in [9.17, 15) is 4.79 Å². The van der Waals surface area contributed by atoms with Gasteiger partial charge in [-0.25, -0.2) is 4.98 Å². The molecule has 150 valence electrons. The van der Waals surface area contributed by atoms with Crippen LogP contribution in [-0.4, -0.2) is 68.4 Å². The molecular formula is C19H19ClN6O3. The standard InChI is InChI=1S/C19H19ClN6O3/c20-18-16(7-4-8-21-18)29-13-15-11-25(9-10-28-15)17(27)12-26-23-19(22-24-26)14-5-2-1-3-6-14/h1-8,15H,9-13H2. The zero-order valence-corrected chi connectivity index (χ0v) is 16.3. The highest BCUT2D eigenvalue weighted by molar-refractivity contribution is 6.30. The maximum atomic E-state index is 12.7. The van der Waals surface area contributed by atoms with Crippen LogP contribution in [0.25, 0.3) is 11.4 Å². The number of nitrogens with zero attached hydrogens (tertiary/aromatic N) is 6. The summed E-state index contributed by atoms with van der Waals surface area (Å²) >= 11 is 5.99. The number of carbonyl (C=O) groups is 1. The lowest BCUT2D eigenvalue weighted by atomic mass is 10.2. The van der Waals surface area contributed by atoms with E-state index in [0.29, 0.717) is 36.4 Å². The van der Waals surface area contributed by atoms with Crippen LogP contribution >= 0.6 is 11.6 Å². The van der Waals surface area contributed by atoms with Crippen LogP contribution in [0.15, 0.2) is 48.7 Å². The molecule has 0 aliphatic carbocycles. The van der Waals surface area contributed by atoms with Crippen LogP contribution in [0.5, 0.6) is 5.75 Å². The Hall–Kier alpha value is -3.04. The van der Waals surface area contributed by atoms with Crippen LogP contribution in [0.3, 0.4) is 0 Å². The first-order valence-corrected chi connectivity index (χ1v) is 9.53. The van der Waals surface area contributed by atoms with Crippen molar-refractivity contribution in [2.75, 3.05) is 26.3 Å². The van der Waals surface area contributed by atoms with Gasteiger partial charge in [-0.15, -0.1) is 10.2 Å². The van der Waals surface area contributed by atoms with Crippen LogP contribution in [0.1, 0.15) is 0 Å². The van der Waals surface area contributed by atoms with Gasteiger partial charge in [-0.2, -0.15) is 4.80 Å². The summed E-state index contributed by atoms with van der Waals surface area (Å²) in [5, 5.41) is 12.6. The molecule has 0 spiro atoms. The lowest BCUT2D eigenvalue weighted by Gasteiger charge is -2.32. The molecule has 1 aliphatic rings. The van der Waals surface area contributed by atoms with Crippen molar-refractivity contribution < 1.29 is 14.3 Å². The van der Waals surface area contributed by atoms with Gasteiger partial charge in [-0.1, -0.05) is 41.9 Å². The Bertz CT molecular complexity index is 967. The first-order valence-electron chi connectivity index (χ1n) is 9.15. The summed E-state index contributed by atoms with van der Waals surface area (Å²) in [4.78, 5) is 19.6. The Morgan fingerprint density at radius 1 is 1.24 bits per heavy atom. The molecule has 10 heteroatoms. The van der Waals surface area contributed by atoms with Gasteiger partial charge in [0.1, 0.15) is 19.3 Å². The molecule has 4 rings (SSSR count). The maximum Gasteiger partial charge on any atom is 0.246 e. The summed E-state index contributed by atoms with van der Waals surface area (Å²) in [6.07, 6.45) is 1.33. The minimum atomic E-state index is -0.257. The highest BCUT2D eigenvalue weighted by Gasteiger charge is 2.25. The molecule has 1 saturated heterocycles. The average Bonchev–Trinajstić information content (AvgIpc) is 3.22. The van der Waals surface area contributed by atoms with E-state index in [1.165, 1.54) is 4.80 Å². The molecule has 2 aromatic heterocycles. The fraction of sp³-hybridized carbons (Fsp3) is 0.316. The van der Waals surface area contributed by atoms with Gasteiger partial charge in [0.2, 0.25) is 11.7 Å². The Morgan fingerprint density at radius 3 is 2.93 bits per heavy atom. The fourth-order valence-electron chi connectivity index (χ4n) is 2.94. The number of amides is 1. The first kappa shape index (κ1) is 19.3. The second-order valence-corrected chi connectivity index (χ2v) is 6.80. The molecule has 1 aromatic carbocycles. The molecule has 1 fully saturated rings. The van der Waals surface area contributed by atoms with Crippen molar-refractivity contribution in [3.05, 3.63) is 53.8 Å². The largest absolute Gasteiger partial charge is 0.488 e. The molecule has 0 radical (unpaired) electrons. The Labute approximate surface area is 172 Å². The zero-order chi connectivity index (χ0) is 20.1. The average molecular weight is 415 g/mol. The SMILES string of the molecule is O=C(Cn1nnc(-c2ccccc2)n1)N1CCOC(COc2cccnc2Cl)C1. The zero-order valence-electron chi connectivity index (χ0n) is 15.5. The van der Waals surface area contributed by atoms with E-state index in [2.05, 4.69) is 20.4 Å². The third-order valence-electron chi connectivity index (χ3n) is 4.40. The summed E-state index contributed by atoms with van der Waals surface area (Å²) in [6.45, 7) is 1.64. The lowest BCUT2D eigenvalue weighted by molar-refractivity contribution is -0.141. The Morgan fingerprint density at radius 2 is 2.10 bits per heavy atom. The predicted octanol–water partition coefficient (Wildman–Crippen LogP) is 1.69. The number of ether oxygens (including phenoxy) is 2. The van der Waals surface area contributed by atoms with Crippen LogP contribution in [0.2, 0.25) is 5.15 Å². The molecule has 1 unspecified atom stereocenters. The smallest absolute Gasteiger partial charge is 0.246 e. The van der Waals surface area contributed by atoms with Gasteiger partial charge in [-0.3, -0.25) is 4.79 Å². The number of aromatic nitrogens is 5. The number of hydrogen-bond donors (Lipinski definition) is 0. The summed E-state index contributed by atoms with van der Waals surface area (Å²) in [5.41, 5.74) is 0.851. The van der Waals surface area contributed by atoms with Crippen molar-refractivity contribution in [3.8, 4) is 17.1 Å². The van der Waals surface area contributed by atoms with Gasteiger partial charge in [0.25, 0.3) is 0 Å². The summed E-state index contributed by atoms with van der Waals surface area (Å²) < 4.78 is 11.4. The molecule has 1 amide bonds. The maximum absolute atomic E-state index is 12.7. The second-order valence-electron chi connectivity index (χ2n) is 6.45. The minimum Gasteiger partial charge on any atom is -0.488 e. The molecular weight excluding hydrogens is 396 g/mol. The normalized spacial score (nSPS) is 16.6. The topological polar surface area (TPSA) is 95.3 Å². The summed E-state index contributed by atoms with van der Waals surface area (Å²) in [5.74, 6) is 0.871. The predicted molar refractivity (Wildman–Crippen MR) is 104 cm³/mol. The van der Waals surface area contributed by atoms with Crippen LogP contribution in [0, 0.1) is 0 Å². The summed E-state index contributed by atoms with van der Waals surface area (Å²) in [6, 6.07) is 13.0. The molecule has 0 N–H and O–H groups in total. The number of morpholine rings is 1. The van der Waals surface area contributed by atoms with E-state index in [-0.39, 0.29) is 25.2 Å². The van der Waals surface area contributed by atoms with Crippen molar-refractivity contribution in [1.82, 2.24) is 30.1 Å². The molecule has 1 atom stereocenters. The first-order chi connectivity index (χ1) is 14.2. The van der Waals surface area contributed by atoms with Crippen molar-refractivity contribution in [3.63, 3.8) is 0 Å². The van der Waals surface area contributed by atoms with E-state index in [1.807, 2.05) is 30.3 Å². The molecule has 9 nitrogen and oxygen atoms in total. The van der Waals surface area contributed by atoms with Gasteiger partial charge in [0.15, 0.2) is 10.9 Å². The number of hydrogen-bond acceptors (Lipinski definition) is 7. The minimum absolute atomic E-state index is 0.0157. The van der Waals surface area contributed by atoms with Crippen molar-refractivity contribution in [2.45, 2.75) is 12.6 Å². The second kappa shape index (κ2) is 8.97. The number of rotatable bonds is 6. The van der Waals surface area contributed by atoms with Crippen molar-refractivity contribution in [1.29, 1.82) is 0 Å². The van der Waals surface area contributed by atoms with E-state index in [4.69, 9.17) is 21.1 Å². The fourth-order valence-corrected chi connectivity index (χ4v) is 3.12. The molecule has 0 bridgehead atoms. The van der Waals surface area contributed by atoms with Crippen LogP contribution in [-0.2, 0) is 16.1 Å². The monoisotopic (exact) mass is 414 g/mol. The number of benzene rings is 1. The van der Waals surface area contributed by atoms with Gasteiger partial charge < -0.3 is 14.4 Å². The Balaban J connectivity index is 1.32. The number of carbonyl (C=O) groups excluding carboxylic acids is 1. The van der Waals surface area contributed by atoms with Crippen molar-refractivity contribution >= 4 is 17.5 Å². The van der Waals surface area contributed by atoms with E-state index in [0.717, 1.165) is 5.56 Å². The van der Waals surface area contributed by atoms with Crippen molar-refractivity contribution in [2.24, 2.45) is 0 Å². The number of tetrazole rings is 1. The van der Waals surface area contributed by atoms with Gasteiger partial charge in [0, 0.05) is 18.3 Å².